The monoisotopic (exact) mass is 468 g/mol. The number of halogens is 3. The third-order valence-corrected chi connectivity index (χ3v) is 6.26. The lowest BCUT2D eigenvalue weighted by atomic mass is 10.0. The van der Waals surface area contributed by atoms with Gasteiger partial charge in [-0.05, 0) is 25.1 Å². The lowest BCUT2D eigenvalue weighted by Crippen LogP contribution is -2.48. The molecular weight excluding hydrogens is 445 g/mol. The first-order chi connectivity index (χ1) is 16.3. The molecule has 34 heavy (non-hydrogen) atoms. The van der Waals surface area contributed by atoms with Gasteiger partial charge in [-0.15, -0.1) is 0 Å². The molecule has 10 heteroatoms. The number of imidazole rings is 1. The third kappa shape index (κ3) is 3.78. The summed E-state index contributed by atoms with van der Waals surface area (Å²) in [5.74, 6) is 0.00751. The molecule has 1 atom stereocenters. The van der Waals surface area contributed by atoms with Gasteiger partial charge in [0.2, 0.25) is 11.7 Å². The molecule has 176 valence electrons. The van der Waals surface area contributed by atoms with Gasteiger partial charge in [-0.1, -0.05) is 18.2 Å². The summed E-state index contributed by atoms with van der Waals surface area (Å²) in [6.45, 7) is 3.28. The molecule has 0 spiro atoms. The van der Waals surface area contributed by atoms with Crippen LogP contribution >= 0.6 is 0 Å². The largest absolute Gasteiger partial charge is 0.363 e. The van der Waals surface area contributed by atoms with Crippen LogP contribution < -0.4 is 10.2 Å². The van der Waals surface area contributed by atoms with Gasteiger partial charge in [0, 0.05) is 49.2 Å². The fourth-order valence-corrected chi connectivity index (χ4v) is 4.29. The molecule has 1 saturated heterocycles. The van der Waals surface area contributed by atoms with Crippen molar-refractivity contribution in [2.24, 2.45) is 0 Å². The van der Waals surface area contributed by atoms with Gasteiger partial charge >= 0.3 is 0 Å². The van der Waals surface area contributed by atoms with Crippen molar-refractivity contribution in [2.45, 2.75) is 19.4 Å². The zero-order valence-electron chi connectivity index (χ0n) is 18.7. The molecular formula is C24H23F3N6O. The number of hydrogen-bond acceptors (Lipinski definition) is 5. The second-order valence-electron chi connectivity index (χ2n) is 8.41. The van der Waals surface area contributed by atoms with Gasteiger partial charge in [0.1, 0.15) is 11.6 Å². The Morgan fingerprint density at radius 2 is 1.91 bits per heavy atom. The molecule has 1 amide bonds. The van der Waals surface area contributed by atoms with Crippen LogP contribution in [0.25, 0.3) is 16.7 Å². The summed E-state index contributed by atoms with van der Waals surface area (Å²) in [5, 5.41) is 3.94. The third-order valence-electron chi connectivity index (χ3n) is 6.26. The number of anilines is 2. The summed E-state index contributed by atoms with van der Waals surface area (Å²) in [4.78, 5) is 24.8. The molecule has 2 aromatic carbocycles. The lowest BCUT2D eigenvalue weighted by Gasteiger charge is -2.33. The highest BCUT2D eigenvalue weighted by atomic mass is 19.3. The molecule has 1 fully saturated rings. The maximum absolute atomic E-state index is 14.8. The Morgan fingerprint density at radius 3 is 2.68 bits per heavy atom. The molecule has 0 unspecified atom stereocenters. The average Bonchev–Trinajstić information content (AvgIpc) is 3.29. The number of nitrogens with zero attached hydrogens (tertiary/aromatic N) is 5. The van der Waals surface area contributed by atoms with Crippen molar-refractivity contribution in [3.8, 4) is 0 Å². The van der Waals surface area contributed by atoms with Crippen LogP contribution in [0.5, 0.6) is 0 Å². The number of benzene rings is 2. The number of fused-ring (bicyclic) bond motifs is 3. The lowest BCUT2D eigenvalue weighted by molar-refractivity contribution is -0.129. The Morgan fingerprint density at radius 1 is 1.12 bits per heavy atom. The first-order valence-corrected chi connectivity index (χ1v) is 10.9. The Balaban J connectivity index is 1.57. The molecule has 1 N–H and O–H groups in total. The summed E-state index contributed by atoms with van der Waals surface area (Å²) >= 11 is 0. The number of likely N-dealkylation sites (N-methyl/N-ethyl adjacent to an activating group) is 1. The summed E-state index contributed by atoms with van der Waals surface area (Å²) in [5.41, 5.74) is 1.17. The van der Waals surface area contributed by atoms with Gasteiger partial charge in [-0.25, -0.2) is 18.2 Å². The van der Waals surface area contributed by atoms with E-state index in [4.69, 9.17) is 0 Å². The van der Waals surface area contributed by atoms with E-state index in [1.165, 1.54) is 12.1 Å². The number of carbonyl (C=O) groups is 1. The maximum Gasteiger partial charge on any atom is 0.266 e. The Bertz CT molecular complexity index is 1390. The predicted octanol–water partition coefficient (Wildman–Crippen LogP) is 4.41. The van der Waals surface area contributed by atoms with Crippen LogP contribution in [-0.4, -0.2) is 51.9 Å². The van der Waals surface area contributed by atoms with E-state index in [-0.39, 0.29) is 18.0 Å². The van der Waals surface area contributed by atoms with E-state index in [1.807, 2.05) is 27.5 Å². The zero-order chi connectivity index (χ0) is 24.0. The minimum Gasteiger partial charge on any atom is -0.363 e. The van der Waals surface area contributed by atoms with Gasteiger partial charge in [0.25, 0.3) is 6.43 Å². The molecule has 0 aliphatic carbocycles. The molecule has 2 aromatic heterocycles. The number of rotatable bonds is 5. The minimum atomic E-state index is -2.90. The highest BCUT2D eigenvalue weighted by Gasteiger charge is 2.23. The van der Waals surface area contributed by atoms with E-state index in [0.29, 0.717) is 24.7 Å². The first-order valence-electron chi connectivity index (χ1n) is 10.9. The molecule has 4 aromatic rings. The Labute approximate surface area is 193 Å². The van der Waals surface area contributed by atoms with Crippen LogP contribution in [0.3, 0.4) is 0 Å². The highest BCUT2D eigenvalue weighted by molar-refractivity contribution is 5.94. The highest BCUT2D eigenvalue weighted by Crippen LogP contribution is 2.32. The summed E-state index contributed by atoms with van der Waals surface area (Å²) in [7, 11) is 1.78. The smallest absolute Gasteiger partial charge is 0.266 e. The Kier molecular flexibility index (Phi) is 5.51. The van der Waals surface area contributed by atoms with Crippen molar-refractivity contribution in [1.29, 1.82) is 0 Å². The number of carbonyl (C=O) groups excluding carboxylic acids is 1. The molecule has 0 radical (unpaired) electrons. The topological polar surface area (TPSA) is 65.8 Å². The molecule has 0 saturated carbocycles. The van der Waals surface area contributed by atoms with E-state index in [9.17, 15) is 18.0 Å². The van der Waals surface area contributed by atoms with Crippen molar-refractivity contribution in [1.82, 2.24) is 19.3 Å². The molecule has 1 aliphatic heterocycles. The normalized spacial score (nSPS) is 15.5. The van der Waals surface area contributed by atoms with Crippen LogP contribution in [-0.2, 0) is 4.79 Å². The van der Waals surface area contributed by atoms with Crippen molar-refractivity contribution in [2.75, 3.05) is 36.9 Å². The molecule has 7 nitrogen and oxygen atoms in total. The first kappa shape index (κ1) is 22.0. The van der Waals surface area contributed by atoms with Crippen LogP contribution in [0.15, 0.2) is 48.8 Å². The molecule has 1 aliphatic rings. The van der Waals surface area contributed by atoms with Crippen molar-refractivity contribution in [3.05, 3.63) is 65.7 Å². The van der Waals surface area contributed by atoms with Gasteiger partial charge in [0.15, 0.2) is 0 Å². The van der Waals surface area contributed by atoms with Gasteiger partial charge in [0.05, 0.1) is 23.7 Å². The standard InChI is InChI=1S/C24H23F3N6O/c1-14(16-4-3-5-17(21(16)25)22(26)27)29-23-18-12-15(32-11-10-31(2)20(34)13-32)6-7-19(18)33-9-8-28-24(33)30-23/h3-9,12,14,22H,10-11,13H2,1-2H3,(H,28,29,30)/t14-/m1/s1. The molecule has 5 rings (SSSR count). The number of nitrogens with one attached hydrogen (secondary N) is 1. The van der Waals surface area contributed by atoms with Crippen LogP contribution in [0.4, 0.5) is 24.7 Å². The number of aromatic nitrogens is 3. The predicted molar refractivity (Wildman–Crippen MR) is 124 cm³/mol. The second kappa shape index (κ2) is 8.51. The quantitative estimate of drug-likeness (QED) is 0.470. The summed E-state index contributed by atoms with van der Waals surface area (Å²) in [6.07, 6.45) is 0.525. The number of piperazine rings is 1. The van der Waals surface area contributed by atoms with Crippen molar-refractivity contribution >= 4 is 34.1 Å². The van der Waals surface area contributed by atoms with Crippen LogP contribution in [0.2, 0.25) is 0 Å². The SMILES string of the molecule is C[C@@H](Nc1nc2nccn2c2ccc(N3CCN(C)C(=O)C3)cc12)c1cccc(C(F)F)c1F. The van der Waals surface area contributed by atoms with E-state index in [0.717, 1.165) is 22.7 Å². The average molecular weight is 468 g/mol. The van der Waals surface area contributed by atoms with E-state index in [1.54, 1.807) is 31.3 Å². The second-order valence-corrected chi connectivity index (χ2v) is 8.41. The summed E-state index contributed by atoms with van der Waals surface area (Å²) in [6, 6.07) is 9.16. The van der Waals surface area contributed by atoms with Gasteiger partial charge in [-0.3, -0.25) is 9.20 Å². The van der Waals surface area contributed by atoms with Gasteiger partial charge < -0.3 is 15.1 Å². The molecule has 0 bridgehead atoms. The number of hydrogen-bond donors (Lipinski definition) is 1. The number of amides is 1. The molecule has 3 heterocycles. The minimum absolute atomic E-state index is 0.0379. The van der Waals surface area contributed by atoms with Crippen molar-refractivity contribution in [3.63, 3.8) is 0 Å². The van der Waals surface area contributed by atoms with E-state index in [2.05, 4.69) is 15.3 Å². The van der Waals surface area contributed by atoms with Crippen molar-refractivity contribution < 1.29 is 18.0 Å². The summed E-state index contributed by atoms with van der Waals surface area (Å²) < 4.78 is 43.0. The van der Waals surface area contributed by atoms with E-state index < -0.39 is 23.8 Å². The van der Waals surface area contributed by atoms with Crippen LogP contribution in [0, 0.1) is 5.82 Å². The maximum atomic E-state index is 14.8. The Hall–Kier alpha value is -3.82. The van der Waals surface area contributed by atoms with Gasteiger partial charge in [-0.2, -0.15) is 4.98 Å². The fraction of sp³-hybridized carbons (Fsp3) is 0.292. The number of alkyl halides is 2. The fourth-order valence-electron chi connectivity index (χ4n) is 4.29. The van der Waals surface area contributed by atoms with E-state index >= 15 is 0 Å². The zero-order valence-corrected chi connectivity index (χ0v) is 18.7. The van der Waals surface area contributed by atoms with Crippen LogP contribution in [0.1, 0.15) is 30.5 Å².